The number of benzene rings is 2. The molecule has 0 amide bonds. The second kappa shape index (κ2) is 17.1. The van der Waals surface area contributed by atoms with Gasteiger partial charge in [-0.15, -0.1) is 0 Å². The van der Waals surface area contributed by atoms with Gasteiger partial charge in [0.05, 0.1) is 12.2 Å². The molecule has 0 aromatic heterocycles. The van der Waals surface area contributed by atoms with E-state index in [1.165, 1.54) is 69.8 Å². The van der Waals surface area contributed by atoms with E-state index in [-0.39, 0.29) is 5.97 Å². The summed E-state index contributed by atoms with van der Waals surface area (Å²) in [6.07, 6.45) is 21.0. The fourth-order valence-electron chi connectivity index (χ4n) is 5.33. The van der Waals surface area contributed by atoms with Crippen molar-refractivity contribution in [2.75, 3.05) is 6.61 Å². The van der Waals surface area contributed by atoms with Crippen molar-refractivity contribution in [3.05, 3.63) is 71.8 Å². The van der Waals surface area contributed by atoms with Crippen molar-refractivity contribution in [3.8, 4) is 11.5 Å². The highest BCUT2D eigenvalue weighted by molar-refractivity contribution is 5.91. The monoisotopic (exact) mass is 518 g/mol. The van der Waals surface area contributed by atoms with Gasteiger partial charge in [0, 0.05) is 0 Å². The van der Waals surface area contributed by atoms with Crippen molar-refractivity contribution in [1.82, 2.24) is 0 Å². The van der Waals surface area contributed by atoms with Gasteiger partial charge in [0.25, 0.3) is 0 Å². The van der Waals surface area contributed by atoms with E-state index in [1.807, 2.05) is 24.3 Å². The van der Waals surface area contributed by atoms with Gasteiger partial charge < -0.3 is 9.47 Å². The summed E-state index contributed by atoms with van der Waals surface area (Å²) in [6.45, 7) is 7.49. The minimum atomic E-state index is -0.333. The predicted octanol–water partition coefficient (Wildman–Crippen LogP) is 9.99. The van der Waals surface area contributed by atoms with Crippen LogP contribution in [0, 0.1) is 17.8 Å². The highest BCUT2D eigenvalue weighted by Crippen LogP contribution is 2.33. The number of ether oxygens (including phenoxy) is 2. The molecule has 3 nitrogen and oxygen atoms in total. The maximum absolute atomic E-state index is 12.6. The molecule has 0 radical (unpaired) electrons. The second-order valence-corrected chi connectivity index (χ2v) is 11.3. The van der Waals surface area contributed by atoms with E-state index in [2.05, 4.69) is 45.1 Å². The summed E-state index contributed by atoms with van der Waals surface area (Å²) in [6, 6.07) is 15.3. The number of esters is 1. The number of allylic oxidation sites excluding steroid dienone is 2. The standard InChI is InChI=1S/C35H50O3/c1-4-6-8-12-29-13-15-30(16-14-29)17-18-31-19-23-34(24-20-31)38-35(36)32-21-25-33(26-22-32)37-27-10-7-9-11-28(3)5-2/h6,8,19-26,28-30H,4-5,7,9-18,27H2,1-3H3/b8-6-/t28-,29-,30-/m0/s1. The average molecular weight is 519 g/mol. The zero-order chi connectivity index (χ0) is 27.0. The Kier molecular flexibility index (Phi) is 13.5. The molecule has 38 heavy (non-hydrogen) atoms. The smallest absolute Gasteiger partial charge is 0.343 e. The average Bonchev–Trinajstić information content (AvgIpc) is 2.95. The van der Waals surface area contributed by atoms with E-state index >= 15 is 0 Å². The molecular weight excluding hydrogens is 468 g/mol. The summed E-state index contributed by atoms with van der Waals surface area (Å²) < 4.78 is 11.5. The molecular formula is C35H50O3. The molecule has 2 aromatic carbocycles. The number of hydrogen-bond donors (Lipinski definition) is 0. The molecule has 0 saturated heterocycles. The fourth-order valence-corrected chi connectivity index (χ4v) is 5.33. The van der Waals surface area contributed by atoms with Crippen LogP contribution in [-0.4, -0.2) is 12.6 Å². The molecule has 1 fully saturated rings. The first-order chi connectivity index (χ1) is 18.6. The Morgan fingerprint density at radius 1 is 0.868 bits per heavy atom. The summed E-state index contributed by atoms with van der Waals surface area (Å²) in [5.74, 6) is 3.62. The van der Waals surface area contributed by atoms with Crippen molar-refractivity contribution < 1.29 is 14.3 Å². The number of carbonyl (C=O) groups is 1. The van der Waals surface area contributed by atoms with Crippen LogP contribution in [0.3, 0.4) is 0 Å². The molecule has 3 heteroatoms. The number of aryl methyl sites for hydroxylation is 1. The summed E-state index contributed by atoms with van der Waals surface area (Å²) in [5.41, 5.74) is 1.86. The van der Waals surface area contributed by atoms with E-state index in [0.717, 1.165) is 42.8 Å². The lowest BCUT2D eigenvalue weighted by molar-refractivity contribution is 0.0734. The van der Waals surface area contributed by atoms with Crippen LogP contribution in [0.5, 0.6) is 11.5 Å². The Bertz CT molecular complexity index is 936. The SMILES string of the molecule is CC/C=C\C[C@H]1CC[C@H](CCc2ccc(OC(=O)c3ccc(OCCCCC[C@@H](C)CC)cc3)cc2)CC1. The Balaban J connectivity index is 1.33. The number of unbranched alkanes of at least 4 members (excludes halogenated alkanes) is 2. The number of rotatable bonds is 16. The van der Waals surface area contributed by atoms with Gasteiger partial charge in [-0.2, -0.15) is 0 Å². The molecule has 0 unspecified atom stereocenters. The molecule has 2 aromatic rings. The van der Waals surface area contributed by atoms with Crippen molar-refractivity contribution in [2.24, 2.45) is 17.8 Å². The minimum absolute atomic E-state index is 0.333. The molecule has 3 rings (SSSR count). The van der Waals surface area contributed by atoms with Crippen LogP contribution in [0.1, 0.15) is 114 Å². The lowest BCUT2D eigenvalue weighted by Gasteiger charge is -2.28. The highest BCUT2D eigenvalue weighted by Gasteiger charge is 2.20. The maximum atomic E-state index is 12.6. The zero-order valence-electron chi connectivity index (χ0n) is 24.1. The lowest BCUT2D eigenvalue weighted by atomic mass is 9.78. The summed E-state index contributed by atoms with van der Waals surface area (Å²) in [4.78, 5) is 12.6. The second-order valence-electron chi connectivity index (χ2n) is 11.3. The number of carbonyl (C=O) groups excluding carboxylic acids is 1. The molecule has 1 aliphatic carbocycles. The van der Waals surface area contributed by atoms with Gasteiger partial charge in [0.1, 0.15) is 11.5 Å². The third kappa shape index (κ3) is 11.1. The van der Waals surface area contributed by atoms with Crippen molar-refractivity contribution in [2.45, 2.75) is 104 Å². The molecule has 1 saturated carbocycles. The molecule has 0 aliphatic heterocycles. The molecule has 1 atom stereocenters. The molecule has 0 N–H and O–H groups in total. The van der Waals surface area contributed by atoms with Gasteiger partial charge in [0.15, 0.2) is 0 Å². The third-order valence-electron chi connectivity index (χ3n) is 8.21. The largest absolute Gasteiger partial charge is 0.494 e. The topological polar surface area (TPSA) is 35.5 Å². The fraction of sp³-hybridized carbons (Fsp3) is 0.571. The van der Waals surface area contributed by atoms with Gasteiger partial charge in [-0.1, -0.05) is 83.6 Å². The predicted molar refractivity (Wildman–Crippen MR) is 159 cm³/mol. The Labute approximate surface area is 232 Å². The summed E-state index contributed by atoms with van der Waals surface area (Å²) >= 11 is 0. The molecule has 208 valence electrons. The first kappa shape index (κ1) is 30.0. The van der Waals surface area contributed by atoms with E-state index in [9.17, 15) is 4.79 Å². The normalized spacial score (nSPS) is 18.4. The van der Waals surface area contributed by atoms with Gasteiger partial charge >= 0.3 is 5.97 Å². The Hall–Kier alpha value is -2.55. The lowest BCUT2D eigenvalue weighted by Crippen LogP contribution is -2.14. The molecule has 0 heterocycles. The van der Waals surface area contributed by atoms with E-state index in [0.29, 0.717) is 17.9 Å². The summed E-state index contributed by atoms with van der Waals surface area (Å²) in [5, 5.41) is 0. The van der Waals surface area contributed by atoms with E-state index in [1.54, 1.807) is 12.1 Å². The maximum Gasteiger partial charge on any atom is 0.343 e. The minimum Gasteiger partial charge on any atom is -0.494 e. The van der Waals surface area contributed by atoms with Crippen molar-refractivity contribution in [3.63, 3.8) is 0 Å². The van der Waals surface area contributed by atoms with Crippen LogP contribution in [-0.2, 0) is 6.42 Å². The first-order valence-corrected chi connectivity index (χ1v) is 15.3. The van der Waals surface area contributed by atoms with Crippen LogP contribution in [0.25, 0.3) is 0 Å². The van der Waals surface area contributed by atoms with Crippen molar-refractivity contribution >= 4 is 5.97 Å². The molecule has 0 spiro atoms. The van der Waals surface area contributed by atoms with Crippen LogP contribution in [0.4, 0.5) is 0 Å². The van der Waals surface area contributed by atoms with E-state index in [4.69, 9.17) is 9.47 Å². The van der Waals surface area contributed by atoms with Crippen LogP contribution < -0.4 is 9.47 Å². The van der Waals surface area contributed by atoms with Crippen LogP contribution >= 0.6 is 0 Å². The van der Waals surface area contributed by atoms with Crippen molar-refractivity contribution in [1.29, 1.82) is 0 Å². The van der Waals surface area contributed by atoms with Gasteiger partial charge in [-0.25, -0.2) is 4.79 Å². The first-order valence-electron chi connectivity index (χ1n) is 15.3. The number of hydrogen-bond acceptors (Lipinski definition) is 3. The third-order valence-corrected chi connectivity index (χ3v) is 8.21. The molecule has 0 bridgehead atoms. The van der Waals surface area contributed by atoms with Gasteiger partial charge in [-0.05, 0) is 105 Å². The van der Waals surface area contributed by atoms with Crippen LogP contribution in [0.15, 0.2) is 60.7 Å². The Morgan fingerprint density at radius 2 is 1.55 bits per heavy atom. The quantitative estimate of drug-likeness (QED) is 0.0959. The summed E-state index contributed by atoms with van der Waals surface area (Å²) in [7, 11) is 0. The Morgan fingerprint density at radius 3 is 2.24 bits per heavy atom. The van der Waals surface area contributed by atoms with Gasteiger partial charge in [0.2, 0.25) is 0 Å². The van der Waals surface area contributed by atoms with E-state index < -0.39 is 0 Å². The van der Waals surface area contributed by atoms with Gasteiger partial charge in [-0.3, -0.25) is 0 Å². The zero-order valence-corrected chi connectivity index (χ0v) is 24.1. The highest BCUT2D eigenvalue weighted by atomic mass is 16.5. The molecule has 1 aliphatic rings. The van der Waals surface area contributed by atoms with Crippen LogP contribution in [0.2, 0.25) is 0 Å².